The van der Waals surface area contributed by atoms with Crippen LogP contribution in [-0.4, -0.2) is 18.5 Å². The summed E-state index contributed by atoms with van der Waals surface area (Å²) in [6.07, 6.45) is 15.1. The molecule has 0 bridgehead atoms. The van der Waals surface area contributed by atoms with Crippen LogP contribution < -0.4 is 4.74 Å². The predicted octanol–water partition coefficient (Wildman–Crippen LogP) is 9.68. The van der Waals surface area contributed by atoms with Gasteiger partial charge in [0.25, 0.3) is 0 Å². The molecule has 4 nitrogen and oxygen atoms in total. The van der Waals surface area contributed by atoms with Crippen LogP contribution in [0.4, 0.5) is 0 Å². The lowest BCUT2D eigenvalue weighted by atomic mass is 9.86. The van der Waals surface area contributed by atoms with E-state index >= 15 is 0 Å². The zero-order valence-corrected chi connectivity index (χ0v) is 24.8. The van der Waals surface area contributed by atoms with Crippen LogP contribution in [0.25, 0.3) is 11.1 Å². The fraction of sp³-hybridized carbons (Fsp3) is 0.472. The van der Waals surface area contributed by atoms with Crippen molar-refractivity contribution in [3.05, 3.63) is 83.2 Å². The van der Waals surface area contributed by atoms with Gasteiger partial charge in [0.15, 0.2) is 0 Å². The molecule has 1 atom stereocenters. The summed E-state index contributed by atoms with van der Waals surface area (Å²) in [5.41, 5.74) is 4.07. The molecule has 0 aromatic heterocycles. The Hall–Kier alpha value is -3.36. The van der Waals surface area contributed by atoms with Gasteiger partial charge in [-0.15, -0.1) is 0 Å². The van der Waals surface area contributed by atoms with Crippen molar-refractivity contribution in [3.63, 3.8) is 0 Å². The molecular weight excluding hydrogens is 496 g/mol. The topological polar surface area (TPSA) is 52.6 Å². The van der Waals surface area contributed by atoms with Gasteiger partial charge in [-0.1, -0.05) is 109 Å². The standard InChI is InChI=1S/C36H46O4/c1-5-6-7-8-9-10-24-39-34-21-18-30(19-22-34)29-14-16-31(17-15-29)36(38)40-35-23-20-32(25-33(35)26-37)28(4)13-11-12-27(2)3/h14-23,27-28H,5-13,24-25H2,1-4H3. The Morgan fingerprint density at radius 2 is 1.48 bits per heavy atom. The van der Waals surface area contributed by atoms with Crippen molar-refractivity contribution >= 4 is 11.9 Å². The van der Waals surface area contributed by atoms with E-state index in [4.69, 9.17) is 9.47 Å². The van der Waals surface area contributed by atoms with Crippen LogP contribution in [0.15, 0.2) is 77.6 Å². The second-order valence-corrected chi connectivity index (χ2v) is 11.4. The van der Waals surface area contributed by atoms with Gasteiger partial charge in [-0.05, 0) is 66.1 Å². The molecule has 0 heterocycles. The van der Waals surface area contributed by atoms with Gasteiger partial charge in [0, 0.05) is 6.42 Å². The number of ether oxygens (including phenoxy) is 2. The molecule has 3 rings (SSSR count). The highest BCUT2D eigenvalue weighted by atomic mass is 16.5. The molecule has 1 aliphatic rings. The largest absolute Gasteiger partial charge is 0.494 e. The summed E-state index contributed by atoms with van der Waals surface area (Å²) < 4.78 is 11.5. The maximum atomic E-state index is 12.8. The average Bonchev–Trinajstić information content (AvgIpc) is 2.97. The molecule has 0 N–H and O–H groups in total. The lowest BCUT2D eigenvalue weighted by Gasteiger charge is -2.21. The van der Waals surface area contributed by atoms with E-state index in [1.54, 1.807) is 18.2 Å². The number of unbranched alkanes of at least 4 members (excludes halogenated alkanes) is 5. The molecule has 0 spiro atoms. The number of hydrogen-bond donors (Lipinski definition) is 0. The molecule has 0 saturated carbocycles. The minimum atomic E-state index is -0.481. The summed E-state index contributed by atoms with van der Waals surface area (Å²) in [7, 11) is 0. The summed E-state index contributed by atoms with van der Waals surface area (Å²) in [6.45, 7) is 9.64. The molecule has 214 valence electrons. The summed E-state index contributed by atoms with van der Waals surface area (Å²) >= 11 is 0. The second kappa shape index (κ2) is 16.7. The molecule has 0 fully saturated rings. The Morgan fingerprint density at radius 1 is 0.825 bits per heavy atom. The van der Waals surface area contributed by atoms with Crippen LogP contribution in [-0.2, 0) is 9.53 Å². The number of hydrogen-bond acceptors (Lipinski definition) is 4. The van der Waals surface area contributed by atoms with Gasteiger partial charge in [-0.2, -0.15) is 0 Å². The van der Waals surface area contributed by atoms with Crippen molar-refractivity contribution in [2.24, 2.45) is 11.8 Å². The summed E-state index contributed by atoms with van der Waals surface area (Å²) in [5, 5.41) is 0. The third-order valence-electron chi connectivity index (χ3n) is 7.58. The maximum absolute atomic E-state index is 12.8. The fourth-order valence-corrected chi connectivity index (χ4v) is 4.95. The van der Waals surface area contributed by atoms with Gasteiger partial charge in [0.1, 0.15) is 17.5 Å². The Balaban J connectivity index is 1.52. The van der Waals surface area contributed by atoms with Crippen LogP contribution in [0.2, 0.25) is 0 Å². The lowest BCUT2D eigenvalue weighted by Crippen LogP contribution is -2.12. The quantitative estimate of drug-likeness (QED) is 0.120. The highest BCUT2D eigenvalue weighted by molar-refractivity contribution is 5.91. The van der Waals surface area contributed by atoms with Crippen molar-refractivity contribution in [2.75, 3.05) is 6.61 Å². The first-order valence-corrected chi connectivity index (χ1v) is 15.1. The molecule has 1 unspecified atom stereocenters. The van der Waals surface area contributed by atoms with Gasteiger partial charge in [0.2, 0.25) is 0 Å². The predicted molar refractivity (Wildman–Crippen MR) is 164 cm³/mol. The monoisotopic (exact) mass is 542 g/mol. The van der Waals surface area contributed by atoms with Gasteiger partial charge in [-0.3, -0.25) is 0 Å². The van der Waals surface area contributed by atoms with Crippen LogP contribution in [0.3, 0.4) is 0 Å². The van der Waals surface area contributed by atoms with Crippen LogP contribution in [0.1, 0.15) is 102 Å². The molecule has 0 saturated heterocycles. The van der Waals surface area contributed by atoms with E-state index in [-0.39, 0.29) is 0 Å². The highest BCUT2D eigenvalue weighted by Gasteiger charge is 2.21. The molecule has 0 radical (unpaired) electrons. The van der Waals surface area contributed by atoms with Gasteiger partial charge in [0.05, 0.1) is 17.7 Å². The normalized spacial score (nSPS) is 13.9. The summed E-state index contributed by atoms with van der Waals surface area (Å²) in [4.78, 5) is 24.5. The zero-order chi connectivity index (χ0) is 28.7. The number of rotatable bonds is 16. The molecule has 4 heteroatoms. The van der Waals surface area contributed by atoms with Gasteiger partial charge < -0.3 is 9.47 Å². The van der Waals surface area contributed by atoms with E-state index in [0.29, 0.717) is 35.2 Å². The highest BCUT2D eigenvalue weighted by Crippen LogP contribution is 2.31. The van der Waals surface area contributed by atoms with E-state index in [1.807, 2.05) is 48.4 Å². The summed E-state index contributed by atoms with van der Waals surface area (Å²) in [5.74, 6) is 3.76. The van der Waals surface area contributed by atoms with E-state index < -0.39 is 5.97 Å². The Bertz CT molecular complexity index is 1180. The van der Waals surface area contributed by atoms with Crippen molar-refractivity contribution < 1.29 is 19.1 Å². The first-order valence-electron chi connectivity index (χ1n) is 15.1. The molecule has 0 aliphatic heterocycles. The first kappa shape index (κ1) is 31.2. The maximum Gasteiger partial charge on any atom is 0.343 e. The molecule has 0 amide bonds. The smallest absolute Gasteiger partial charge is 0.343 e. The summed E-state index contributed by atoms with van der Waals surface area (Å²) in [6, 6.07) is 15.4. The number of esters is 1. The van der Waals surface area contributed by atoms with Crippen molar-refractivity contribution in [1.82, 2.24) is 0 Å². The third-order valence-corrected chi connectivity index (χ3v) is 7.58. The van der Waals surface area contributed by atoms with Crippen molar-refractivity contribution in [3.8, 4) is 16.9 Å². The van der Waals surface area contributed by atoms with Crippen LogP contribution in [0.5, 0.6) is 5.75 Å². The van der Waals surface area contributed by atoms with E-state index in [9.17, 15) is 9.59 Å². The number of allylic oxidation sites excluding steroid dienone is 4. The molecule has 1 aliphatic carbocycles. The second-order valence-electron chi connectivity index (χ2n) is 11.4. The molecular formula is C36H46O4. The van der Waals surface area contributed by atoms with Gasteiger partial charge >= 0.3 is 5.97 Å². The van der Waals surface area contributed by atoms with Crippen LogP contribution >= 0.6 is 0 Å². The number of carbonyl (C=O) groups is 1. The number of carbonyl (C=O) groups excluding carboxylic acids is 2. The molecule has 2 aromatic rings. The third kappa shape index (κ3) is 9.99. The van der Waals surface area contributed by atoms with Crippen LogP contribution in [0, 0.1) is 11.8 Å². The number of benzene rings is 2. The van der Waals surface area contributed by atoms with Crippen molar-refractivity contribution in [1.29, 1.82) is 0 Å². The Morgan fingerprint density at radius 3 is 2.12 bits per heavy atom. The zero-order valence-electron chi connectivity index (χ0n) is 24.8. The Labute approximate surface area is 241 Å². The first-order chi connectivity index (χ1) is 19.4. The SMILES string of the molecule is CCCCCCCCOc1ccc(-c2ccc(C(=O)OC3=CC=C(C(C)CCCC(C)C)CC3=C=O)cc2)cc1. The molecule has 2 aromatic carbocycles. The van der Waals surface area contributed by atoms with Gasteiger partial charge in [-0.25, -0.2) is 9.59 Å². The fourth-order valence-electron chi connectivity index (χ4n) is 4.95. The lowest BCUT2D eigenvalue weighted by molar-refractivity contribution is 0.0631. The minimum Gasteiger partial charge on any atom is -0.494 e. The minimum absolute atomic E-state index is 0.291. The Kier molecular flexibility index (Phi) is 13.0. The van der Waals surface area contributed by atoms with Crippen molar-refractivity contribution in [2.45, 2.75) is 91.9 Å². The average molecular weight is 543 g/mol. The van der Waals surface area contributed by atoms with E-state index in [2.05, 4.69) is 27.7 Å². The van der Waals surface area contributed by atoms with E-state index in [0.717, 1.165) is 42.7 Å². The van der Waals surface area contributed by atoms with E-state index in [1.165, 1.54) is 44.1 Å². The molecule has 40 heavy (non-hydrogen) atoms.